The van der Waals surface area contributed by atoms with E-state index >= 15 is 0 Å². The van der Waals surface area contributed by atoms with Gasteiger partial charge in [0.05, 0.1) is 11.5 Å². The summed E-state index contributed by atoms with van der Waals surface area (Å²) in [6.45, 7) is 2.39. The van der Waals surface area contributed by atoms with Gasteiger partial charge in [-0.25, -0.2) is 0 Å². The molecule has 1 saturated heterocycles. The molecule has 0 aliphatic carbocycles. The van der Waals surface area contributed by atoms with Crippen LogP contribution in [0.4, 0.5) is 13.2 Å². The molecule has 0 atom stereocenters. The van der Waals surface area contributed by atoms with E-state index in [-0.39, 0.29) is 5.91 Å². The zero-order valence-electron chi connectivity index (χ0n) is 13.1. The number of likely N-dealkylation sites (tertiary alicyclic amines) is 1. The molecule has 1 aromatic carbocycles. The summed E-state index contributed by atoms with van der Waals surface area (Å²) < 4.78 is 37.6. The van der Waals surface area contributed by atoms with E-state index in [2.05, 4.69) is 0 Å². The molecule has 0 aromatic heterocycles. The van der Waals surface area contributed by atoms with Gasteiger partial charge in [0.1, 0.15) is 0 Å². The van der Waals surface area contributed by atoms with Gasteiger partial charge in [-0.2, -0.15) is 13.2 Å². The Bertz CT molecular complexity index is 642. The lowest BCUT2D eigenvalue weighted by atomic mass is 9.97. The minimum absolute atomic E-state index is 0.253. The molecule has 1 fully saturated rings. The van der Waals surface area contributed by atoms with Gasteiger partial charge in [-0.1, -0.05) is 12.1 Å². The Morgan fingerprint density at radius 3 is 2.17 bits per heavy atom. The fourth-order valence-corrected chi connectivity index (χ4v) is 2.63. The highest BCUT2D eigenvalue weighted by molar-refractivity contribution is 5.95. The number of halogens is 3. The Hall–Kier alpha value is -2.31. The number of carboxylic acid groups (broad SMARTS) is 1. The highest BCUT2D eigenvalue weighted by Gasteiger charge is 2.30. The number of carboxylic acids is 1. The molecule has 7 heteroatoms. The van der Waals surface area contributed by atoms with Crippen molar-refractivity contribution in [2.45, 2.75) is 25.9 Å². The summed E-state index contributed by atoms with van der Waals surface area (Å²) in [4.78, 5) is 24.7. The van der Waals surface area contributed by atoms with Crippen LogP contribution < -0.4 is 0 Å². The maximum atomic E-state index is 12.5. The minimum atomic E-state index is -4.39. The van der Waals surface area contributed by atoms with Gasteiger partial charge in [0.2, 0.25) is 5.91 Å². The number of benzene rings is 1. The lowest BCUT2D eigenvalue weighted by Gasteiger charge is -2.29. The summed E-state index contributed by atoms with van der Waals surface area (Å²) in [5.74, 6) is -1.52. The molecule has 0 bridgehead atoms. The van der Waals surface area contributed by atoms with Crippen LogP contribution >= 0.6 is 0 Å². The molecule has 0 saturated carbocycles. The van der Waals surface area contributed by atoms with Crippen LogP contribution in [0.25, 0.3) is 5.57 Å². The lowest BCUT2D eigenvalue weighted by Crippen LogP contribution is -2.39. The maximum absolute atomic E-state index is 12.5. The number of carbonyl (C=O) groups excluding carboxylic acids is 1. The zero-order chi connectivity index (χ0) is 17.9. The van der Waals surface area contributed by atoms with Crippen LogP contribution in [0.2, 0.25) is 0 Å². The molecule has 1 aliphatic rings. The van der Waals surface area contributed by atoms with Gasteiger partial charge in [-0.15, -0.1) is 0 Å². The van der Waals surface area contributed by atoms with Gasteiger partial charge in [-0.05, 0) is 43.0 Å². The van der Waals surface area contributed by atoms with Crippen molar-refractivity contribution in [3.63, 3.8) is 0 Å². The summed E-state index contributed by atoms with van der Waals surface area (Å²) in [5, 5.41) is 8.94. The molecule has 4 nitrogen and oxygen atoms in total. The number of piperidine rings is 1. The standard InChI is InChI=1S/C17H18F3NO3/c1-11(12-2-4-14(5-3-12)17(18,19)20)10-15(22)21-8-6-13(7-9-21)16(23)24/h2-5,10,13H,6-9H2,1H3,(H,23,24)/b11-10+. The van der Waals surface area contributed by atoms with Gasteiger partial charge >= 0.3 is 12.1 Å². The predicted octanol–water partition coefficient (Wildman–Crippen LogP) is 3.43. The third kappa shape index (κ3) is 4.37. The largest absolute Gasteiger partial charge is 0.481 e. The molecule has 2 rings (SSSR count). The maximum Gasteiger partial charge on any atom is 0.416 e. The topological polar surface area (TPSA) is 57.6 Å². The van der Waals surface area contributed by atoms with Crippen molar-refractivity contribution in [2.24, 2.45) is 5.92 Å². The number of aliphatic carboxylic acids is 1. The molecule has 1 amide bonds. The van der Waals surface area contributed by atoms with E-state index in [9.17, 15) is 22.8 Å². The van der Waals surface area contributed by atoms with Crippen molar-refractivity contribution in [3.05, 3.63) is 41.5 Å². The SMILES string of the molecule is C/C(=C\C(=O)N1CCC(C(=O)O)CC1)c1ccc(C(F)(F)F)cc1. The van der Waals surface area contributed by atoms with E-state index in [0.717, 1.165) is 12.1 Å². The van der Waals surface area contributed by atoms with Gasteiger partial charge in [-0.3, -0.25) is 9.59 Å². The highest BCUT2D eigenvalue weighted by atomic mass is 19.4. The van der Waals surface area contributed by atoms with Crippen LogP contribution in [0.5, 0.6) is 0 Å². The summed E-state index contributed by atoms with van der Waals surface area (Å²) >= 11 is 0. The van der Waals surface area contributed by atoms with E-state index in [1.165, 1.54) is 18.2 Å². The third-order valence-corrected chi connectivity index (χ3v) is 4.16. The molecule has 0 radical (unpaired) electrons. The van der Waals surface area contributed by atoms with Crippen LogP contribution in [0.15, 0.2) is 30.3 Å². The van der Waals surface area contributed by atoms with Gasteiger partial charge < -0.3 is 10.0 Å². The van der Waals surface area contributed by atoms with Gasteiger partial charge in [0.15, 0.2) is 0 Å². The Balaban J connectivity index is 2.02. The average molecular weight is 341 g/mol. The number of carbonyl (C=O) groups is 2. The van der Waals surface area contributed by atoms with Crippen LogP contribution in [0.3, 0.4) is 0 Å². The molecule has 24 heavy (non-hydrogen) atoms. The molecule has 130 valence electrons. The van der Waals surface area contributed by atoms with E-state index in [1.807, 2.05) is 0 Å². The molecule has 1 heterocycles. The molecule has 1 aliphatic heterocycles. The number of amides is 1. The molecule has 0 unspecified atom stereocenters. The van der Waals surface area contributed by atoms with Crippen molar-refractivity contribution >= 4 is 17.4 Å². The zero-order valence-corrected chi connectivity index (χ0v) is 13.1. The number of hydrogen-bond donors (Lipinski definition) is 1. The Morgan fingerprint density at radius 1 is 1.17 bits per heavy atom. The molecule has 1 aromatic rings. The summed E-state index contributed by atoms with van der Waals surface area (Å²) in [7, 11) is 0. The van der Waals surface area contributed by atoms with Crippen LogP contribution in [-0.4, -0.2) is 35.0 Å². The number of nitrogens with zero attached hydrogens (tertiary/aromatic N) is 1. The van der Waals surface area contributed by atoms with E-state index < -0.39 is 23.6 Å². The first-order valence-electron chi connectivity index (χ1n) is 7.56. The first-order valence-corrected chi connectivity index (χ1v) is 7.56. The fourth-order valence-electron chi connectivity index (χ4n) is 2.63. The van der Waals surface area contributed by atoms with Crippen molar-refractivity contribution < 1.29 is 27.9 Å². The van der Waals surface area contributed by atoms with E-state index in [1.54, 1.807) is 11.8 Å². The molecule has 1 N–H and O–H groups in total. The van der Waals surface area contributed by atoms with Crippen molar-refractivity contribution in [1.82, 2.24) is 4.90 Å². The second-order valence-electron chi connectivity index (χ2n) is 5.84. The van der Waals surface area contributed by atoms with Crippen molar-refractivity contribution in [2.75, 3.05) is 13.1 Å². The summed E-state index contributed by atoms with van der Waals surface area (Å²) in [6.07, 6.45) is -2.19. The normalized spacial score (nSPS) is 17.0. The highest BCUT2D eigenvalue weighted by Crippen LogP contribution is 2.30. The third-order valence-electron chi connectivity index (χ3n) is 4.16. The molecular formula is C17H18F3NO3. The number of allylic oxidation sites excluding steroid dienone is 1. The molecule has 0 spiro atoms. The lowest BCUT2D eigenvalue weighted by molar-refractivity contribution is -0.144. The van der Waals surface area contributed by atoms with Crippen LogP contribution in [0, 0.1) is 5.92 Å². The predicted molar refractivity (Wildman–Crippen MR) is 82.0 cm³/mol. The van der Waals surface area contributed by atoms with Gasteiger partial charge in [0.25, 0.3) is 0 Å². The van der Waals surface area contributed by atoms with Crippen LogP contribution in [-0.2, 0) is 15.8 Å². The van der Waals surface area contributed by atoms with E-state index in [4.69, 9.17) is 5.11 Å². The van der Waals surface area contributed by atoms with Crippen LogP contribution in [0.1, 0.15) is 30.9 Å². The number of alkyl halides is 3. The Labute approximate surface area is 137 Å². The summed E-state index contributed by atoms with van der Waals surface area (Å²) in [5.41, 5.74) is 0.368. The minimum Gasteiger partial charge on any atom is -0.481 e. The quantitative estimate of drug-likeness (QED) is 0.857. The van der Waals surface area contributed by atoms with Crippen molar-refractivity contribution in [1.29, 1.82) is 0 Å². The van der Waals surface area contributed by atoms with Crippen molar-refractivity contribution in [3.8, 4) is 0 Å². The Kier molecular flexibility index (Phi) is 5.31. The monoisotopic (exact) mass is 341 g/mol. The van der Waals surface area contributed by atoms with Gasteiger partial charge in [0, 0.05) is 19.2 Å². The second-order valence-corrected chi connectivity index (χ2v) is 5.84. The number of hydrogen-bond acceptors (Lipinski definition) is 2. The smallest absolute Gasteiger partial charge is 0.416 e. The first-order chi connectivity index (χ1) is 11.2. The fraction of sp³-hybridized carbons (Fsp3) is 0.412. The summed E-state index contributed by atoms with van der Waals surface area (Å²) in [6, 6.07) is 4.63. The second kappa shape index (κ2) is 7.07. The molecular weight excluding hydrogens is 323 g/mol. The number of rotatable bonds is 3. The average Bonchev–Trinajstić information content (AvgIpc) is 2.54. The Morgan fingerprint density at radius 2 is 1.71 bits per heavy atom. The van der Waals surface area contributed by atoms with E-state index in [0.29, 0.717) is 37.1 Å². The first kappa shape index (κ1) is 18.0.